The minimum absolute atomic E-state index is 0.949. The second-order valence-electron chi connectivity index (χ2n) is 44.4. The van der Waals surface area contributed by atoms with Gasteiger partial charge in [0, 0.05) is 0 Å². The fraction of sp³-hybridized carbons (Fsp3) is 1.00. The molecule has 0 saturated heterocycles. The normalized spacial score (nSPS) is 104. The molecule has 38 saturated carbocycles. The van der Waals surface area contributed by atoms with Gasteiger partial charge in [-0.3, -0.25) is 0 Å². The molecular weight excluding hydrogens is 937 g/mol. The minimum atomic E-state index is 0.949. The molecule has 60 unspecified atom stereocenters. The first-order chi connectivity index (χ1) is 38.9. The summed E-state index contributed by atoms with van der Waals surface area (Å²) in [6.07, 6.45) is 15.1. The second-order valence-corrected chi connectivity index (χ2v) is 44.4. The molecule has 0 aromatic heterocycles. The summed E-state index contributed by atoms with van der Waals surface area (Å²) in [4.78, 5) is 0. The zero-order valence-electron chi connectivity index (χ0n) is 45.8. The Morgan fingerprint density at radius 1 is 0.115 bits per heavy atom. The lowest BCUT2D eigenvalue weighted by Gasteiger charge is -2.78. The van der Waals surface area contributed by atoms with Crippen molar-refractivity contribution in [1.82, 2.24) is 0 Å². The van der Waals surface area contributed by atoms with Crippen LogP contribution in [0.15, 0.2) is 0 Å². The van der Waals surface area contributed by atoms with Crippen LogP contribution in [0, 0.1) is 412 Å². The molecule has 0 radical (unpaired) electrons. The molecule has 38 aliphatic rings. The van der Waals surface area contributed by atoms with Gasteiger partial charge in [0.15, 0.2) is 0 Å². The van der Waals surface area contributed by atoms with Crippen LogP contribution in [0.2, 0.25) is 0 Å². The lowest BCUT2D eigenvalue weighted by Crippen LogP contribution is -2.75. The molecule has 0 aromatic carbocycles. The van der Waals surface area contributed by atoms with Gasteiger partial charge in [-0.05, 0) is 464 Å². The van der Waals surface area contributed by atoms with Gasteiger partial charge in [-0.15, -0.1) is 0 Å². The van der Waals surface area contributed by atoms with Gasteiger partial charge in [-0.2, -0.15) is 0 Å². The fourth-order valence-corrected chi connectivity index (χ4v) is 57.0. The van der Waals surface area contributed by atoms with Crippen molar-refractivity contribution < 1.29 is 0 Å². The van der Waals surface area contributed by atoms with Gasteiger partial charge in [0.25, 0.3) is 0 Å². The Hall–Kier alpha value is 0. The second kappa shape index (κ2) is 8.41. The van der Waals surface area contributed by atoms with Gasteiger partial charge in [-0.25, -0.2) is 0 Å². The van der Waals surface area contributed by atoms with Gasteiger partial charge in [0.05, 0.1) is 0 Å². The lowest BCUT2D eigenvalue weighted by molar-refractivity contribution is -0.315. The van der Waals surface area contributed by atoms with E-state index in [0.717, 1.165) is 21.7 Å². The standard InChI is InChI=1S/C78H82/c1-2-10-21-9(1)23-17-5-13-27-15-7-19-25-11-3-4-12-22(11)30-39-33(25)35(27)31(23)37(39)29(21)38-32-24(10)18-6-14-28-16-8-20(26(12)34(36(28)32)40(30)38)66-74-58-57-69-53-44-42-41-43-47(48(44)61(15)77(69)65(19)73(57)77)59(13)75-63(17)71(75)55-56-68-52(51(43)67(55)75)45(41)49(60(14)76(68)64(18)72(56)76)50-46(42)54(53)70(58)78(66,74)62(16)50/h9-74H,1-8H2. The van der Waals surface area contributed by atoms with Crippen LogP contribution in [0.25, 0.3) is 0 Å². The number of hydrogen-bond donors (Lipinski definition) is 0. The van der Waals surface area contributed by atoms with Crippen LogP contribution in [-0.2, 0) is 0 Å². The average Bonchev–Trinajstić information content (AvgIpc) is 1.39. The molecular formula is C78H82. The summed E-state index contributed by atoms with van der Waals surface area (Å²) in [5.41, 5.74) is 3.79. The van der Waals surface area contributed by atoms with Crippen molar-refractivity contribution >= 4 is 0 Å². The van der Waals surface area contributed by atoms with E-state index in [4.69, 9.17) is 0 Å². The van der Waals surface area contributed by atoms with Crippen LogP contribution in [0.1, 0.15) is 51.4 Å². The highest BCUT2D eigenvalue weighted by atomic mass is 15.1. The summed E-state index contributed by atoms with van der Waals surface area (Å²) < 4.78 is 0. The van der Waals surface area contributed by atoms with Crippen LogP contribution >= 0.6 is 0 Å². The maximum Gasteiger partial charge on any atom is -0.0162 e. The van der Waals surface area contributed by atoms with Gasteiger partial charge in [-0.1, -0.05) is 0 Å². The molecule has 0 aromatic rings. The van der Waals surface area contributed by atoms with Crippen molar-refractivity contribution in [3.05, 3.63) is 0 Å². The van der Waals surface area contributed by atoms with Gasteiger partial charge >= 0.3 is 0 Å². The van der Waals surface area contributed by atoms with Crippen molar-refractivity contribution in [2.24, 2.45) is 412 Å². The predicted octanol–water partition coefficient (Wildman–Crippen LogP) is 11.2. The zero-order valence-corrected chi connectivity index (χ0v) is 45.8. The third-order valence-corrected chi connectivity index (χ3v) is 50.7. The highest BCUT2D eigenvalue weighted by Crippen LogP contribution is 3.13. The molecule has 38 fully saturated rings. The summed E-state index contributed by atoms with van der Waals surface area (Å²) in [6.45, 7) is 0. The molecule has 0 heterocycles. The largest absolute Gasteiger partial charge is 0.0496 e. The fourth-order valence-electron chi connectivity index (χ4n) is 57.0. The van der Waals surface area contributed by atoms with Crippen molar-refractivity contribution in [3.8, 4) is 0 Å². The first kappa shape index (κ1) is 35.0. The van der Waals surface area contributed by atoms with Gasteiger partial charge in [0.1, 0.15) is 0 Å². The summed E-state index contributed by atoms with van der Waals surface area (Å²) in [5, 5.41) is 0. The third kappa shape index (κ3) is 2.07. The Kier molecular flexibility index (Phi) is 3.77. The highest BCUT2D eigenvalue weighted by Gasteiger charge is 3.10. The van der Waals surface area contributed by atoms with Gasteiger partial charge in [0.2, 0.25) is 0 Å². The van der Waals surface area contributed by atoms with Gasteiger partial charge < -0.3 is 0 Å². The van der Waals surface area contributed by atoms with Crippen LogP contribution in [0.4, 0.5) is 0 Å². The molecule has 0 amide bonds. The molecule has 0 heteroatoms. The lowest BCUT2D eigenvalue weighted by atomic mass is 9.26. The Balaban J connectivity index is 0.796. The van der Waals surface area contributed by atoms with Crippen molar-refractivity contribution in [1.29, 1.82) is 0 Å². The van der Waals surface area contributed by atoms with Crippen LogP contribution in [0.5, 0.6) is 0 Å². The van der Waals surface area contributed by atoms with E-state index in [-0.39, 0.29) is 0 Å². The Morgan fingerprint density at radius 3 is 0.526 bits per heavy atom. The van der Waals surface area contributed by atoms with Crippen LogP contribution < -0.4 is 0 Å². The molecule has 60 atom stereocenters. The van der Waals surface area contributed by atoms with Crippen molar-refractivity contribution in [2.45, 2.75) is 51.4 Å². The molecule has 0 nitrogen and oxygen atoms in total. The molecule has 38 rings (SSSR count). The Bertz CT molecular complexity index is 3160. The highest BCUT2D eigenvalue weighted by molar-refractivity contribution is 5.56. The summed E-state index contributed by atoms with van der Waals surface area (Å²) in [7, 11) is 0. The molecule has 1 spiro atoms. The van der Waals surface area contributed by atoms with E-state index in [1.54, 1.807) is 0 Å². The van der Waals surface area contributed by atoms with E-state index in [9.17, 15) is 0 Å². The first-order valence-electron chi connectivity index (χ1n) is 38.9. The summed E-state index contributed by atoms with van der Waals surface area (Å²) in [5.74, 6) is 86.1. The SMILES string of the molecule is C1CC2C3C4CC5C6C7CC8C9C%10CCC%11C%12C%13CC%14C%15C%16CC(C%17C1C2C1C2C%17C%15C%12C2C(C%11%10)C2C9C6C3C12)C1C2C3C6C9C%10C%11C%12C%15C%17C(C%18C%12C%10C3C12C%16%18)C%14C12C3C%17C%10C%15C(C%11C5C95C4C65)C7C45C%10C(C3C1C%132)C4C85. The first-order valence-corrected chi connectivity index (χ1v) is 38.9. The molecule has 394 valence electrons. The van der Waals surface area contributed by atoms with E-state index in [2.05, 4.69) is 0 Å². The van der Waals surface area contributed by atoms with E-state index in [1.807, 2.05) is 51.4 Å². The van der Waals surface area contributed by atoms with Crippen LogP contribution in [0.3, 0.4) is 0 Å². The number of hydrogen-bond acceptors (Lipinski definition) is 0. The van der Waals surface area contributed by atoms with E-state index in [0.29, 0.717) is 0 Å². The smallest absolute Gasteiger partial charge is 0.0162 e. The van der Waals surface area contributed by atoms with E-state index >= 15 is 0 Å². The average molecular weight is 1020 g/mol. The molecule has 0 N–H and O–H groups in total. The molecule has 38 aliphatic carbocycles. The summed E-state index contributed by atoms with van der Waals surface area (Å²) in [6, 6.07) is 0. The maximum absolute atomic E-state index is 1.94. The predicted molar refractivity (Wildman–Crippen MR) is 277 cm³/mol. The molecule has 78 heavy (non-hydrogen) atoms. The monoisotopic (exact) mass is 1020 g/mol. The maximum atomic E-state index is 1.94. The Morgan fingerprint density at radius 2 is 0.282 bits per heavy atom. The molecule has 70 bridgehead atoms. The number of rotatable bonds is 0. The summed E-state index contributed by atoms with van der Waals surface area (Å²) >= 11 is 0. The molecule has 0 aliphatic heterocycles. The van der Waals surface area contributed by atoms with Crippen molar-refractivity contribution in [2.75, 3.05) is 0 Å². The van der Waals surface area contributed by atoms with E-state index in [1.165, 1.54) is 391 Å². The minimum Gasteiger partial charge on any atom is -0.0496 e. The van der Waals surface area contributed by atoms with Crippen molar-refractivity contribution in [3.63, 3.8) is 0 Å². The zero-order chi connectivity index (χ0) is 45.8. The Labute approximate surface area is 461 Å². The third-order valence-electron chi connectivity index (χ3n) is 50.7. The quantitative estimate of drug-likeness (QED) is 0.227. The van der Waals surface area contributed by atoms with Crippen LogP contribution in [-0.4, -0.2) is 0 Å². The topological polar surface area (TPSA) is 0 Å². The van der Waals surface area contributed by atoms with E-state index < -0.39 is 0 Å².